The van der Waals surface area contributed by atoms with E-state index in [1.165, 1.54) is 11.3 Å². The number of nitrogens with two attached hydrogens (primary N) is 1. The Hall–Kier alpha value is -2.94. The van der Waals surface area contributed by atoms with Crippen molar-refractivity contribution in [3.63, 3.8) is 0 Å². The summed E-state index contributed by atoms with van der Waals surface area (Å²) >= 11 is 1.21. The molecule has 0 aliphatic rings. The summed E-state index contributed by atoms with van der Waals surface area (Å²) < 4.78 is 1.73. The molecule has 9 heteroatoms. The molecule has 2 amide bonds. The molecule has 3 aromatic rings. The van der Waals surface area contributed by atoms with Gasteiger partial charge in [0.25, 0.3) is 5.91 Å². The molecule has 27 heavy (non-hydrogen) atoms. The number of nitrogen functional groups attached to an aromatic ring is 1. The Morgan fingerprint density at radius 1 is 1.22 bits per heavy atom. The molecule has 0 bridgehead atoms. The second-order valence-corrected chi connectivity index (χ2v) is 7.56. The minimum Gasteiger partial charge on any atom is -0.397 e. The highest BCUT2D eigenvalue weighted by Crippen LogP contribution is 2.34. The van der Waals surface area contributed by atoms with E-state index in [-0.39, 0.29) is 12.3 Å². The number of carbonyl (C=O) groups is 2. The molecule has 0 saturated heterocycles. The number of carbonyl (C=O) groups excluding carboxylic acids is 2. The van der Waals surface area contributed by atoms with Crippen LogP contribution in [0.2, 0.25) is 0 Å². The second kappa shape index (κ2) is 6.99. The Kier molecular flexibility index (Phi) is 4.88. The van der Waals surface area contributed by atoms with E-state index in [1.807, 2.05) is 40.8 Å². The number of aromatic nitrogens is 3. The van der Waals surface area contributed by atoms with E-state index in [2.05, 4.69) is 20.9 Å². The summed E-state index contributed by atoms with van der Waals surface area (Å²) in [6, 6.07) is 1.92. The van der Waals surface area contributed by atoms with E-state index in [0.29, 0.717) is 15.4 Å². The van der Waals surface area contributed by atoms with Crippen molar-refractivity contribution in [1.82, 2.24) is 25.6 Å². The zero-order valence-corrected chi connectivity index (χ0v) is 16.7. The maximum Gasteiger partial charge on any atom is 0.281 e. The molecule has 0 aromatic carbocycles. The van der Waals surface area contributed by atoms with Gasteiger partial charge >= 0.3 is 0 Å². The lowest BCUT2D eigenvalue weighted by molar-refractivity contribution is -0.121. The van der Waals surface area contributed by atoms with E-state index in [4.69, 9.17) is 5.73 Å². The fourth-order valence-electron chi connectivity index (χ4n) is 3.10. The van der Waals surface area contributed by atoms with Crippen molar-refractivity contribution in [2.45, 2.75) is 34.1 Å². The number of hydrogen-bond acceptors (Lipinski definition) is 6. The lowest BCUT2D eigenvalue weighted by atomic mass is 10.1. The summed E-state index contributed by atoms with van der Waals surface area (Å²) in [5.74, 6) is -0.784. The van der Waals surface area contributed by atoms with Gasteiger partial charge in [0.1, 0.15) is 9.71 Å². The molecule has 3 aromatic heterocycles. The van der Waals surface area contributed by atoms with Crippen molar-refractivity contribution < 1.29 is 9.59 Å². The van der Waals surface area contributed by atoms with Crippen LogP contribution in [0.5, 0.6) is 0 Å². The standard InChI is InChI=1S/C18H22N6O2S/c1-8-6-9(2)20-18-14(8)15(19)16(27-18)17(26)22-21-13(25)7-12-10(3)23-24(5)11(12)4/h6H,7,19H2,1-5H3,(H,21,25)(H,22,26). The van der Waals surface area contributed by atoms with Gasteiger partial charge in [0.05, 0.1) is 17.8 Å². The van der Waals surface area contributed by atoms with Gasteiger partial charge in [0.2, 0.25) is 5.91 Å². The molecule has 0 unspecified atom stereocenters. The second-order valence-electron chi connectivity index (χ2n) is 6.56. The maximum absolute atomic E-state index is 12.5. The molecule has 8 nitrogen and oxygen atoms in total. The number of hydrogen-bond donors (Lipinski definition) is 3. The first kappa shape index (κ1) is 18.8. The molecule has 0 aliphatic heterocycles. The van der Waals surface area contributed by atoms with E-state index < -0.39 is 5.91 Å². The summed E-state index contributed by atoms with van der Waals surface area (Å²) in [6.07, 6.45) is 0.132. The van der Waals surface area contributed by atoms with Gasteiger partial charge in [-0.2, -0.15) is 5.10 Å². The highest BCUT2D eigenvalue weighted by atomic mass is 32.1. The van der Waals surface area contributed by atoms with Gasteiger partial charge < -0.3 is 5.73 Å². The highest BCUT2D eigenvalue weighted by molar-refractivity contribution is 7.21. The third kappa shape index (κ3) is 3.50. The number of amides is 2. The molecule has 142 valence electrons. The Morgan fingerprint density at radius 3 is 2.56 bits per heavy atom. The number of thiophene rings is 1. The molecule has 0 radical (unpaired) electrons. The van der Waals surface area contributed by atoms with Crippen LogP contribution in [0.25, 0.3) is 10.2 Å². The van der Waals surface area contributed by atoms with Gasteiger partial charge in [-0.1, -0.05) is 0 Å². The quantitative estimate of drug-likeness (QED) is 0.594. The Morgan fingerprint density at radius 2 is 1.93 bits per heavy atom. The van der Waals surface area contributed by atoms with Crippen LogP contribution in [-0.2, 0) is 18.3 Å². The number of rotatable bonds is 3. The summed E-state index contributed by atoms with van der Waals surface area (Å²) in [4.78, 5) is 30.2. The van der Waals surface area contributed by atoms with Crippen LogP contribution < -0.4 is 16.6 Å². The number of pyridine rings is 1. The number of aryl methyl sites for hydroxylation is 4. The van der Waals surface area contributed by atoms with E-state index in [9.17, 15) is 9.59 Å². The predicted molar refractivity (Wildman–Crippen MR) is 106 cm³/mol. The summed E-state index contributed by atoms with van der Waals surface area (Å²) in [5, 5.41) is 5.07. The minimum absolute atomic E-state index is 0.132. The molecule has 0 spiro atoms. The first-order chi connectivity index (χ1) is 12.7. The van der Waals surface area contributed by atoms with Crippen molar-refractivity contribution in [2.75, 3.05) is 5.73 Å². The maximum atomic E-state index is 12.5. The lowest BCUT2D eigenvalue weighted by Crippen LogP contribution is -2.42. The molecular weight excluding hydrogens is 364 g/mol. The first-order valence-electron chi connectivity index (χ1n) is 8.43. The van der Waals surface area contributed by atoms with Crippen LogP contribution in [0.15, 0.2) is 6.07 Å². The number of fused-ring (bicyclic) bond motifs is 1. The van der Waals surface area contributed by atoms with E-state index in [0.717, 1.165) is 33.6 Å². The van der Waals surface area contributed by atoms with E-state index in [1.54, 1.807) is 4.68 Å². The SMILES string of the molecule is Cc1cc(C)c2c(N)c(C(=O)NNC(=O)Cc3c(C)nn(C)c3C)sc2n1. The van der Waals surface area contributed by atoms with Gasteiger partial charge in [-0.05, 0) is 39.3 Å². The van der Waals surface area contributed by atoms with Gasteiger partial charge in [0, 0.05) is 29.4 Å². The van der Waals surface area contributed by atoms with Gasteiger partial charge in [-0.25, -0.2) is 4.98 Å². The van der Waals surface area contributed by atoms with Crippen LogP contribution in [0.1, 0.15) is 37.9 Å². The summed E-state index contributed by atoms with van der Waals surface area (Å²) in [7, 11) is 1.83. The predicted octanol–water partition coefficient (Wildman–Crippen LogP) is 1.85. The van der Waals surface area contributed by atoms with Crippen LogP contribution in [0.3, 0.4) is 0 Å². The first-order valence-corrected chi connectivity index (χ1v) is 9.25. The van der Waals surface area contributed by atoms with Crippen molar-refractivity contribution in [3.05, 3.63) is 39.2 Å². The number of anilines is 1. The Balaban J connectivity index is 1.72. The number of nitrogens with zero attached hydrogens (tertiary/aromatic N) is 3. The van der Waals surface area contributed by atoms with Gasteiger partial charge in [0.15, 0.2) is 0 Å². The fraction of sp³-hybridized carbons (Fsp3) is 0.333. The molecule has 0 aliphatic carbocycles. The third-order valence-electron chi connectivity index (χ3n) is 4.54. The van der Waals surface area contributed by atoms with Crippen LogP contribution >= 0.6 is 11.3 Å². The largest absolute Gasteiger partial charge is 0.397 e. The van der Waals surface area contributed by atoms with Crippen molar-refractivity contribution in [3.8, 4) is 0 Å². The highest BCUT2D eigenvalue weighted by Gasteiger charge is 2.20. The lowest BCUT2D eigenvalue weighted by Gasteiger charge is -2.07. The van der Waals surface area contributed by atoms with Crippen molar-refractivity contribution in [1.29, 1.82) is 0 Å². The van der Waals surface area contributed by atoms with Gasteiger partial charge in [-0.15, -0.1) is 11.3 Å². The number of nitrogens with one attached hydrogen (secondary N) is 2. The zero-order valence-electron chi connectivity index (χ0n) is 15.9. The molecule has 4 N–H and O–H groups in total. The minimum atomic E-state index is -0.458. The monoisotopic (exact) mass is 386 g/mol. The van der Waals surface area contributed by atoms with Crippen LogP contribution in [-0.4, -0.2) is 26.6 Å². The summed E-state index contributed by atoms with van der Waals surface area (Å²) in [5.41, 5.74) is 15.8. The Labute approximate surface area is 160 Å². The number of hydrazine groups is 1. The smallest absolute Gasteiger partial charge is 0.281 e. The topological polar surface area (TPSA) is 115 Å². The molecular formula is C18H22N6O2S. The molecule has 3 rings (SSSR count). The van der Waals surface area contributed by atoms with Crippen molar-refractivity contribution in [2.24, 2.45) is 7.05 Å². The molecule has 0 atom stereocenters. The normalized spacial score (nSPS) is 11.0. The molecule has 0 fully saturated rings. The molecule has 3 heterocycles. The zero-order chi connectivity index (χ0) is 19.9. The van der Waals surface area contributed by atoms with Crippen LogP contribution in [0.4, 0.5) is 5.69 Å². The Bertz CT molecular complexity index is 1070. The summed E-state index contributed by atoms with van der Waals surface area (Å²) in [6.45, 7) is 7.58. The van der Waals surface area contributed by atoms with Crippen molar-refractivity contribution >= 4 is 39.1 Å². The van der Waals surface area contributed by atoms with Gasteiger partial charge in [-0.3, -0.25) is 25.1 Å². The third-order valence-corrected chi connectivity index (χ3v) is 5.64. The fourth-order valence-corrected chi connectivity index (χ4v) is 4.21. The van der Waals surface area contributed by atoms with Crippen LogP contribution in [0, 0.1) is 27.7 Å². The van der Waals surface area contributed by atoms with E-state index >= 15 is 0 Å². The average molecular weight is 386 g/mol. The average Bonchev–Trinajstić information content (AvgIpc) is 3.04. The molecule has 0 saturated carbocycles.